The van der Waals surface area contributed by atoms with E-state index in [1.165, 1.54) is 0 Å². The molecule has 152 valence electrons. The molecule has 0 bridgehead atoms. The number of aryl methyl sites for hydroxylation is 2. The maximum Gasteiger partial charge on any atom is 0.251 e. The van der Waals surface area contributed by atoms with Gasteiger partial charge < -0.3 is 24.1 Å². The summed E-state index contributed by atoms with van der Waals surface area (Å²) >= 11 is 0. The molecule has 0 saturated carbocycles. The zero-order valence-corrected chi connectivity index (χ0v) is 16.9. The number of hydrogen-bond donors (Lipinski definition) is 1. The predicted molar refractivity (Wildman–Crippen MR) is 107 cm³/mol. The molecule has 0 unspecified atom stereocenters. The summed E-state index contributed by atoms with van der Waals surface area (Å²) in [6.45, 7) is 4.37. The fraction of sp³-hybridized carbons (Fsp3) is 0.273. The molecule has 3 rings (SSSR count). The van der Waals surface area contributed by atoms with Crippen LogP contribution in [0.15, 0.2) is 47.0 Å². The number of methoxy groups -OCH3 is 2. The van der Waals surface area contributed by atoms with Crippen LogP contribution in [-0.2, 0) is 13.2 Å². The molecule has 0 aliphatic carbocycles. The number of amides is 1. The largest absolute Gasteiger partial charge is 0.497 e. The fourth-order valence-electron chi connectivity index (χ4n) is 2.87. The molecule has 0 aliphatic rings. The third kappa shape index (κ3) is 4.87. The van der Waals surface area contributed by atoms with E-state index in [0.29, 0.717) is 36.0 Å². The molecule has 2 aromatic carbocycles. The van der Waals surface area contributed by atoms with Crippen molar-refractivity contribution in [3.63, 3.8) is 0 Å². The van der Waals surface area contributed by atoms with Crippen LogP contribution in [0.1, 0.15) is 32.9 Å². The van der Waals surface area contributed by atoms with Gasteiger partial charge in [0.15, 0.2) is 0 Å². The summed E-state index contributed by atoms with van der Waals surface area (Å²) in [5, 5.41) is 6.82. The van der Waals surface area contributed by atoms with Gasteiger partial charge in [-0.1, -0.05) is 11.2 Å². The van der Waals surface area contributed by atoms with Gasteiger partial charge in [-0.2, -0.15) is 0 Å². The lowest BCUT2D eigenvalue weighted by molar-refractivity contribution is 0.0950. The molecule has 1 N–H and O–H groups in total. The number of ether oxygens (including phenoxy) is 3. The van der Waals surface area contributed by atoms with E-state index in [2.05, 4.69) is 10.5 Å². The normalized spacial score (nSPS) is 10.5. The number of aromatic nitrogens is 1. The van der Waals surface area contributed by atoms with Crippen LogP contribution in [0, 0.1) is 13.8 Å². The third-order valence-electron chi connectivity index (χ3n) is 4.59. The molecular weight excluding hydrogens is 372 g/mol. The number of rotatable bonds is 8. The van der Waals surface area contributed by atoms with Crippen LogP contribution >= 0.6 is 0 Å². The third-order valence-corrected chi connectivity index (χ3v) is 4.59. The molecule has 0 atom stereocenters. The molecule has 0 saturated heterocycles. The predicted octanol–water partition coefficient (Wildman–Crippen LogP) is 3.82. The van der Waals surface area contributed by atoms with Gasteiger partial charge in [-0.15, -0.1) is 0 Å². The van der Waals surface area contributed by atoms with Crippen LogP contribution in [-0.4, -0.2) is 25.3 Å². The number of benzene rings is 2. The Labute approximate surface area is 169 Å². The first kappa shape index (κ1) is 20.3. The Hall–Kier alpha value is -3.48. The number of carbonyl (C=O) groups is 1. The lowest BCUT2D eigenvalue weighted by atomic mass is 10.1. The molecule has 0 spiro atoms. The van der Waals surface area contributed by atoms with Crippen LogP contribution in [0.5, 0.6) is 17.2 Å². The second-order valence-corrected chi connectivity index (χ2v) is 6.48. The highest BCUT2D eigenvalue weighted by Gasteiger charge is 2.12. The van der Waals surface area contributed by atoms with Crippen molar-refractivity contribution < 1.29 is 23.5 Å². The summed E-state index contributed by atoms with van der Waals surface area (Å²) in [6.07, 6.45) is 0. The van der Waals surface area contributed by atoms with E-state index in [1.54, 1.807) is 38.5 Å². The first-order chi connectivity index (χ1) is 14.0. The average Bonchev–Trinajstić information content (AvgIpc) is 3.07. The molecule has 0 fully saturated rings. The number of hydrogen-bond acceptors (Lipinski definition) is 6. The molecule has 1 aromatic heterocycles. The Kier molecular flexibility index (Phi) is 6.39. The van der Waals surface area contributed by atoms with E-state index in [-0.39, 0.29) is 5.91 Å². The summed E-state index contributed by atoms with van der Waals surface area (Å²) in [5.74, 6) is 2.47. The monoisotopic (exact) mass is 396 g/mol. The van der Waals surface area contributed by atoms with Crippen LogP contribution in [0.25, 0.3) is 0 Å². The minimum absolute atomic E-state index is 0.203. The van der Waals surface area contributed by atoms with Crippen molar-refractivity contribution in [2.75, 3.05) is 14.2 Å². The van der Waals surface area contributed by atoms with Gasteiger partial charge in [-0.05, 0) is 44.2 Å². The summed E-state index contributed by atoms with van der Waals surface area (Å²) in [6, 6.07) is 12.5. The van der Waals surface area contributed by atoms with Crippen molar-refractivity contribution in [3.05, 3.63) is 70.6 Å². The highest BCUT2D eigenvalue weighted by atomic mass is 16.5. The Bertz CT molecular complexity index is 977. The zero-order chi connectivity index (χ0) is 20.8. The second-order valence-electron chi connectivity index (χ2n) is 6.48. The van der Waals surface area contributed by atoms with Crippen LogP contribution < -0.4 is 19.5 Å². The maximum atomic E-state index is 12.6. The quantitative estimate of drug-likeness (QED) is 0.623. The summed E-state index contributed by atoms with van der Waals surface area (Å²) in [4.78, 5) is 12.6. The minimum atomic E-state index is -0.203. The van der Waals surface area contributed by atoms with Crippen LogP contribution in [0.2, 0.25) is 0 Å². The zero-order valence-electron chi connectivity index (χ0n) is 16.9. The Balaban J connectivity index is 1.64. The first-order valence-electron chi connectivity index (χ1n) is 9.15. The van der Waals surface area contributed by atoms with Gasteiger partial charge in [0, 0.05) is 23.7 Å². The summed E-state index contributed by atoms with van der Waals surface area (Å²) < 4.78 is 21.5. The van der Waals surface area contributed by atoms with E-state index in [4.69, 9.17) is 18.7 Å². The highest BCUT2D eigenvalue weighted by molar-refractivity contribution is 5.94. The maximum absolute atomic E-state index is 12.6. The van der Waals surface area contributed by atoms with E-state index in [9.17, 15) is 4.79 Å². The van der Waals surface area contributed by atoms with Crippen LogP contribution in [0.4, 0.5) is 0 Å². The summed E-state index contributed by atoms with van der Waals surface area (Å²) in [7, 11) is 3.18. The molecule has 0 radical (unpaired) electrons. The molecular formula is C22H24N2O5. The molecule has 7 heteroatoms. The SMILES string of the molecule is COc1ccc(CNC(=O)c2cccc(OCc3c(C)noc3C)c2)c(OC)c1. The van der Waals surface area contributed by atoms with Gasteiger partial charge in [0.1, 0.15) is 29.6 Å². The molecule has 1 amide bonds. The molecule has 1 heterocycles. The first-order valence-corrected chi connectivity index (χ1v) is 9.15. The summed E-state index contributed by atoms with van der Waals surface area (Å²) in [5.41, 5.74) is 3.07. The smallest absolute Gasteiger partial charge is 0.251 e. The standard InChI is InChI=1S/C22H24N2O5/c1-14-20(15(2)29-24-14)13-28-19-7-5-6-16(10-19)22(25)23-12-17-8-9-18(26-3)11-21(17)27-4/h5-11H,12-13H2,1-4H3,(H,23,25). The molecule has 7 nitrogen and oxygen atoms in total. The molecule has 0 aliphatic heterocycles. The topological polar surface area (TPSA) is 82.8 Å². The van der Waals surface area contributed by atoms with Gasteiger partial charge >= 0.3 is 0 Å². The number of nitrogens with zero attached hydrogens (tertiary/aromatic N) is 1. The Morgan fingerprint density at radius 2 is 1.90 bits per heavy atom. The number of nitrogens with one attached hydrogen (secondary N) is 1. The Morgan fingerprint density at radius 1 is 1.07 bits per heavy atom. The van der Waals surface area contributed by atoms with E-state index in [0.717, 1.165) is 22.6 Å². The van der Waals surface area contributed by atoms with Crippen molar-refractivity contribution in [2.45, 2.75) is 27.0 Å². The van der Waals surface area contributed by atoms with Crippen molar-refractivity contribution >= 4 is 5.91 Å². The van der Waals surface area contributed by atoms with Crippen molar-refractivity contribution in [1.82, 2.24) is 10.5 Å². The Morgan fingerprint density at radius 3 is 2.59 bits per heavy atom. The van der Waals surface area contributed by atoms with Gasteiger partial charge in [-0.3, -0.25) is 4.79 Å². The van der Waals surface area contributed by atoms with E-state index in [1.807, 2.05) is 32.0 Å². The van der Waals surface area contributed by atoms with Gasteiger partial charge in [0.2, 0.25) is 0 Å². The van der Waals surface area contributed by atoms with Gasteiger partial charge in [0.05, 0.1) is 25.5 Å². The second kappa shape index (κ2) is 9.14. The average molecular weight is 396 g/mol. The van der Waals surface area contributed by atoms with Crippen molar-refractivity contribution in [1.29, 1.82) is 0 Å². The van der Waals surface area contributed by atoms with E-state index < -0.39 is 0 Å². The lowest BCUT2D eigenvalue weighted by Gasteiger charge is -2.12. The number of carbonyl (C=O) groups excluding carboxylic acids is 1. The van der Waals surface area contributed by atoms with Gasteiger partial charge in [-0.25, -0.2) is 0 Å². The fourth-order valence-corrected chi connectivity index (χ4v) is 2.87. The minimum Gasteiger partial charge on any atom is -0.497 e. The molecule has 29 heavy (non-hydrogen) atoms. The van der Waals surface area contributed by atoms with Crippen molar-refractivity contribution in [2.24, 2.45) is 0 Å². The van der Waals surface area contributed by atoms with E-state index >= 15 is 0 Å². The van der Waals surface area contributed by atoms with Gasteiger partial charge in [0.25, 0.3) is 5.91 Å². The highest BCUT2D eigenvalue weighted by Crippen LogP contribution is 2.24. The lowest BCUT2D eigenvalue weighted by Crippen LogP contribution is -2.23. The van der Waals surface area contributed by atoms with Crippen molar-refractivity contribution in [3.8, 4) is 17.2 Å². The van der Waals surface area contributed by atoms with Crippen LogP contribution in [0.3, 0.4) is 0 Å². The molecule has 3 aromatic rings.